The highest BCUT2D eigenvalue weighted by atomic mass is 35.5. The normalized spacial score (nSPS) is 17.9. The fourth-order valence-electron chi connectivity index (χ4n) is 4.25. The van der Waals surface area contributed by atoms with Gasteiger partial charge in [-0.2, -0.15) is 0 Å². The minimum Gasteiger partial charge on any atom is -0.506 e. The quantitative estimate of drug-likeness (QED) is 0.322. The van der Waals surface area contributed by atoms with Crippen LogP contribution in [0.15, 0.2) is 79.1 Å². The van der Waals surface area contributed by atoms with Crippen LogP contribution in [-0.2, 0) is 0 Å². The molecule has 1 saturated heterocycles. The van der Waals surface area contributed by atoms with Crippen molar-refractivity contribution in [2.75, 3.05) is 4.90 Å². The van der Waals surface area contributed by atoms with E-state index in [1.807, 2.05) is 60.5 Å². The molecule has 3 heterocycles. The van der Waals surface area contributed by atoms with E-state index in [4.69, 9.17) is 35.4 Å². The van der Waals surface area contributed by atoms with Gasteiger partial charge in [-0.1, -0.05) is 29.3 Å². The fraction of sp³-hybridized carbons (Fsp3) is 0.120. The van der Waals surface area contributed by atoms with Gasteiger partial charge < -0.3 is 19.9 Å². The predicted molar refractivity (Wildman–Crippen MR) is 137 cm³/mol. The second-order valence-corrected chi connectivity index (χ2v) is 9.10. The van der Waals surface area contributed by atoms with E-state index >= 15 is 0 Å². The Morgan fingerprint density at radius 2 is 1.88 bits per heavy atom. The van der Waals surface area contributed by atoms with Crippen LogP contribution in [0.2, 0.25) is 10.0 Å². The van der Waals surface area contributed by atoms with Crippen molar-refractivity contribution in [3.8, 4) is 11.4 Å². The standard InChI is InChI=1S/C25H20Cl2N4OS/c1-15-13-17(8-9-18(15)27)30-12-4-6-20(30)24-23(19-5-2-3-11-28-19)29-25(33)31(24)21-14-16(26)7-10-22(21)32/h2-14,23-24,32H,1H3,(H,29,33)/t23-,24-/m1/s1. The lowest BCUT2D eigenvalue weighted by Gasteiger charge is -2.29. The van der Waals surface area contributed by atoms with Crippen molar-refractivity contribution in [2.45, 2.75) is 19.0 Å². The number of pyridine rings is 1. The Morgan fingerprint density at radius 3 is 2.64 bits per heavy atom. The lowest BCUT2D eigenvalue weighted by molar-refractivity contribution is 0.472. The number of halogens is 2. The maximum atomic E-state index is 10.7. The highest BCUT2D eigenvalue weighted by Gasteiger charge is 2.43. The number of aromatic hydroxyl groups is 1. The molecule has 166 valence electrons. The molecule has 1 aliphatic rings. The van der Waals surface area contributed by atoms with E-state index in [1.54, 1.807) is 24.4 Å². The summed E-state index contributed by atoms with van der Waals surface area (Å²) < 4.78 is 2.11. The van der Waals surface area contributed by atoms with Crippen molar-refractivity contribution in [3.05, 3.63) is 106 Å². The Kier molecular flexibility index (Phi) is 5.74. The largest absolute Gasteiger partial charge is 0.506 e. The number of nitrogens with one attached hydrogen (secondary N) is 1. The summed E-state index contributed by atoms with van der Waals surface area (Å²) in [5.41, 5.74) is 4.31. The van der Waals surface area contributed by atoms with Gasteiger partial charge in [-0.05, 0) is 85.4 Å². The van der Waals surface area contributed by atoms with Crippen molar-refractivity contribution in [2.24, 2.45) is 0 Å². The van der Waals surface area contributed by atoms with Gasteiger partial charge >= 0.3 is 0 Å². The van der Waals surface area contributed by atoms with Crippen LogP contribution >= 0.6 is 35.4 Å². The Balaban J connectivity index is 1.70. The summed E-state index contributed by atoms with van der Waals surface area (Å²) in [5, 5.41) is 15.8. The van der Waals surface area contributed by atoms with Crippen LogP contribution in [0, 0.1) is 6.92 Å². The molecule has 5 rings (SSSR count). The first-order valence-electron chi connectivity index (χ1n) is 10.4. The van der Waals surface area contributed by atoms with E-state index in [0.29, 0.717) is 20.8 Å². The molecule has 0 amide bonds. The lowest BCUT2D eigenvalue weighted by Crippen LogP contribution is -2.30. The smallest absolute Gasteiger partial charge is 0.174 e. The molecule has 1 aliphatic heterocycles. The molecule has 2 atom stereocenters. The summed E-state index contributed by atoms with van der Waals surface area (Å²) in [4.78, 5) is 6.49. The van der Waals surface area contributed by atoms with Crippen LogP contribution in [-0.4, -0.2) is 19.8 Å². The number of phenols is 1. The average molecular weight is 495 g/mol. The summed E-state index contributed by atoms with van der Waals surface area (Å²) in [6.45, 7) is 1.98. The van der Waals surface area contributed by atoms with Gasteiger partial charge in [0.25, 0.3) is 0 Å². The third-order valence-electron chi connectivity index (χ3n) is 5.80. The number of benzene rings is 2. The van der Waals surface area contributed by atoms with Crippen molar-refractivity contribution in [1.82, 2.24) is 14.9 Å². The lowest BCUT2D eigenvalue weighted by atomic mass is 10.0. The number of aryl methyl sites for hydroxylation is 1. The number of hydrogen-bond acceptors (Lipinski definition) is 3. The summed E-state index contributed by atoms with van der Waals surface area (Å²) >= 11 is 18.3. The molecule has 0 saturated carbocycles. The highest BCUT2D eigenvalue weighted by Crippen LogP contribution is 2.45. The van der Waals surface area contributed by atoms with Gasteiger partial charge in [-0.25, -0.2) is 0 Å². The Bertz CT molecular complexity index is 1340. The molecule has 0 radical (unpaired) electrons. The Hall–Kier alpha value is -3.06. The van der Waals surface area contributed by atoms with Crippen LogP contribution in [0.4, 0.5) is 5.69 Å². The molecule has 2 N–H and O–H groups in total. The Morgan fingerprint density at radius 1 is 1.03 bits per heavy atom. The maximum Gasteiger partial charge on any atom is 0.174 e. The minimum absolute atomic E-state index is 0.0932. The summed E-state index contributed by atoms with van der Waals surface area (Å²) in [5.74, 6) is 0.0932. The van der Waals surface area contributed by atoms with Crippen LogP contribution in [0.3, 0.4) is 0 Å². The van der Waals surface area contributed by atoms with Gasteiger partial charge in [0, 0.05) is 33.8 Å². The third-order valence-corrected chi connectivity index (χ3v) is 6.77. The fourth-order valence-corrected chi connectivity index (χ4v) is 4.88. The second kappa shape index (κ2) is 8.71. The van der Waals surface area contributed by atoms with Crippen LogP contribution in [0.1, 0.15) is 29.0 Å². The molecule has 0 aliphatic carbocycles. The third kappa shape index (κ3) is 3.95. The van der Waals surface area contributed by atoms with Crippen LogP contribution in [0.25, 0.3) is 5.69 Å². The molecular formula is C25H20Cl2N4OS. The van der Waals surface area contributed by atoms with Crippen LogP contribution < -0.4 is 10.2 Å². The number of rotatable bonds is 4. The summed E-state index contributed by atoms with van der Waals surface area (Å²) in [6.07, 6.45) is 3.77. The first-order valence-corrected chi connectivity index (χ1v) is 11.5. The second-order valence-electron chi connectivity index (χ2n) is 7.87. The van der Waals surface area contributed by atoms with Crippen molar-refractivity contribution in [3.63, 3.8) is 0 Å². The first-order chi connectivity index (χ1) is 15.9. The van der Waals surface area contributed by atoms with E-state index < -0.39 is 0 Å². The summed E-state index contributed by atoms with van der Waals surface area (Å²) in [6, 6.07) is 20.2. The Labute approximate surface area is 207 Å². The van der Waals surface area contributed by atoms with Crippen LogP contribution in [0.5, 0.6) is 5.75 Å². The predicted octanol–water partition coefficient (Wildman–Crippen LogP) is 6.37. The average Bonchev–Trinajstić information content (AvgIpc) is 3.42. The number of thiocarbonyl (C=S) groups is 1. The van der Waals surface area contributed by atoms with Crippen molar-refractivity contribution < 1.29 is 5.11 Å². The molecule has 0 bridgehead atoms. The molecule has 0 unspecified atom stereocenters. The molecule has 0 spiro atoms. The van der Waals surface area contributed by atoms with Crippen molar-refractivity contribution >= 4 is 46.2 Å². The van der Waals surface area contributed by atoms with Gasteiger partial charge in [0.1, 0.15) is 11.8 Å². The van der Waals surface area contributed by atoms with Gasteiger partial charge in [-0.15, -0.1) is 0 Å². The maximum absolute atomic E-state index is 10.7. The monoisotopic (exact) mass is 494 g/mol. The SMILES string of the molecule is Cc1cc(-n2cccc2[C@@H]2[C@@H](c3ccccn3)NC(=S)N2c2cc(Cl)ccc2O)ccc1Cl. The van der Waals surface area contributed by atoms with Gasteiger partial charge in [0.15, 0.2) is 5.11 Å². The zero-order valence-electron chi connectivity index (χ0n) is 17.6. The first kappa shape index (κ1) is 21.8. The highest BCUT2D eigenvalue weighted by molar-refractivity contribution is 7.80. The number of phenolic OH excluding ortho intramolecular Hbond substituents is 1. The number of anilines is 1. The summed E-state index contributed by atoms with van der Waals surface area (Å²) in [7, 11) is 0. The molecule has 2 aromatic carbocycles. The molecule has 2 aromatic heterocycles. The topological polar surface area (TPSA) is 53.3 Å². The minimum atomic E-state index is -0.303. The van der Waals surface area contributed by atoms with Gasteiger partial charge in [-0.3, -0.25) is 4.98 Å². The molecule has 5 nitrogen and oxygen atoms in total. The van der Waals surface area contributed by atoms with E-state index in [0.717, 1.165) is 22.6 Å². The van der Waals surface area contributed by atoms with Gasteiger partial charge in [0.05, 0.1) is 17.4 Å². The van der Waals surface area contributed by atoms with Gasteiger partial charge in [0.2, 0.25) is 0 Å². The van der Waals surface area contributed by atoms with E-state index in [2.05, 4.69) is 20.9 Å². The van der Waals surface area contributed by atoms with E-state index in [-0.39, 0.29) is 17.8 Å². The molecule has 4 aromatic rings. The number of nitrogens with zero attached hydrogens (tertiary/aromatic N) is 3. The molecule has 33 heavy (non-hydrogen) atoms. The zero-order chi connectivity index (χ0) is 23.1. The number of hydrogen-bond donors (Lipinski definition) is 2. The van der Waals surface area contributed by atoms with E-state index in [1.165, 1.54) is 0 Å². The molecular weight excluding hydrogens is 475 g/mol. The van der Waals surface area contributed by atoms with Crippen molar-refractivity contribution in [1.29, 1.82) is 0 Å². The zero-order valence-corrected chi connectivity index (χ0v) is 19.9. The molecule has 8 heteroatoms. The number of aromatic nitrogens is 2. The van der Waals surface area contributed by atoms with E-state index in [9.17, 15) is 5.11 Å². The molecule has 1 fully saturated rings.